The standard InChI is InChI=1S/C28H21IN2O3/c1-33-26-16-20(15-24(29)27(26)34-18-19-8-3-2-4-9-19)14-22(17-30)28(32)31-25-13-7-11-21-10-5-6-12-23(21)25/h2-16H,18H2,1H3,(H,31,32)/b22-14+. The van der Waals surface area contributed by atoms with Crippen LogP contribution < -0.4 is 14.8 Å². The Kier molecular flexibility index (Phi) is 7.45. The van der Waals surface area contributed by atoms with Crippen molar-refractivity contribution in [2.45, 2.75) is 6.61 Å². The summed E-state index contributed by atoms with van der Waals surface area (Å²) in [6.07, 6.45) is 1.55. The number of amides is 1. The first-order valence-electron chi connectivity index (χ1n) is 10.5. The van der Waals surface area contributed by atoms with Crippen molar-refractivity contribution in [2.24, 2.45) is 0 Å². The second kappa shape index (κ2) is 10.9. The molecule has 0 atom stereocenters. The fourth-order valence-corrected chi connectivity index (χ4v) is 4.31. The first-order valence-corrected chi connectivity index (χ1v) is 11.6. The number of methoxy groups -OCH3 is 1. The maximum absolute atomic E-state index is 12.9. The van der Waals surface area contributed by atoms with Crippen molar-refractivity contribution in [1.29, 1.82) is 5.26 Å². The van der Waals surface area contributed by atoms with E-state index < -0.39 is 5.91 Å². The topological polar surface area (TPSA) is 71.3 Å². The van der Waals surface area contributed by atoms with Crippen molar-refractivity contribution in [3.63, 3.8) is 0 Å². The lowest BCUT2D eigenvalue weighted by Gasteiger charge is -2.14. The van der Waals surface area contributed by atoms with Crippen LogP contribution in [0.2, 0.25) is 0 Å². The van der Waals surface area contributed by atoms with Crippen molar-refractivity contribution < 1.29 is 14.3 Å². The van der Waals surface area contributed by atoms with E-state index in [1.54, 1.807) is 19.3 Å². The van der Waals surface area contributed by atoms with Crippen LogP contribution in [0.4, 0.5) is 5.69 Å². The smallest absolute Gasteiger partial charge is 0.266 e. The number of anilines is 1. The Hall–Kier alpha value is -3.83. The lowest BCUT2D eigenvalue weighted by molar-refractivity contribution is -0.112. The van der Waals surface area contributed by atoms with Gasteiger partial charge in [0.25, 0.3) is 5.91 Å². The summed E-state index contributed by atoms with van der Waals surface area (Å²) in [5.41, 5.74) is 2.35. The molecule has 0 heterocycles. The number of rotatable bonds is 7. The maximum atomic E-state index is 12.9. The van der Waals surface area contributed by atoms with Gasteiger partial charge >= 0.3 is 0 Å². The highest BCUT2D eigenvalue weighted by molar-refractivity contribution is 14.1. The highest BCUT2D eigenvalue weighted by Crippen LogP contribution is 2.35. The third-order valence-corrected chi connectivity index (χ3v) is 5.99. The molecule has 6 heteroatoms. The Morgan fingerprint density at radius 1 is 1.03 bits per heavy atom. The van der Waals surface area contributed by atoms with Crippen LogP contribution in [0.25, 0.3) is 16.8 Å². The number of carbonyl (C=O) groups excluding carboxylic acids is 1. The average Bonchev–Trinajstić information content (AvgIpc) is 2.87. The minimum atomic E-state index is -0.475. The van der Waals surface area contributed by atoms with Gasteiger partial charge in [-0.15, -0.1) is 0 Å². The number of carbonyl (C=O) groups is 1. The molecule has 0 fully saturated rings. The molecule has 1 amide bonds. The molecule has 0 radical (unpaired) electrons. The van der Waals surface area contributed by atoms with E-state index in [0.29, 0.717) is 29.4 Å². The van der Waals surface area contributed by atoms with Gasteiger partial charge in [0.05, 0.1) is 10.7 Å². The highest BCUT2D eigenvalue weighted by atomic mass is 127. The first kappa shape index (κ1) is 23.3. The van der Waals surface area contributed by atoms with E-state index in [1.807, 2.05) is 84.9 Å². The average molecular weight is 560 g/mol. The largest absolute Gasteiger partial charge is 0.493 e. The van der Waals surface area contributed by atoms with E-state index in [9.17, 15) is 10.1 Å². The van der Waals surface area contributed by atoms with Gasteiger partial charge in [0.15, 0.2) is 11.5 Å². The number of fused-ring (bicyclic) bond motifs is 1. The number of hydrogen-bond donors (Lipinski definition) is 1. The molecular weight excluding hydrogens is 539 g/mol. The Morgan fingerprint density at radius 3 is 2.53 bits per heavy atom. The number of hydrogen-bond acceptors (Lipinski definition) is 4. The molecule has 0 aliphatic rings. The third-order valence-electron chi connectivity index (χ3n) is 5.19. The summed E-state index contributed by atoms with van der Waals surface area (Å²) in [5.74, 6) is 0.667. The molecule has 0 aliphatic carbocycles. The number of halogens is 1. The van der Waals surface area contributed by atoms with Crippen molar-refractivity contribution in [3.05, 3.63) is 105 Å². The Balaban J connectivity index is 1.58. The third kappa shape index (κ3) is 5.38. The molecule has 4 aromatic rings. The lowest BCUT2D eigenvalue weighted by Crippen LogP contribution is -2.13. The molecule has 0 aliphatic heterocycles. The van der Waals surface area contributed by atoms with E-state index in [4.69, 9.17) is 9.47 Å². The van der Waals surface area contributed by atoms with Gasteiger partial charge < -0.3 is 14.8 Å². The van der Waals surface area contributed by atoms with E-state index in [1.165, 1.54) is 0 Å². The summed E-state index contributed by atoms with van der Waals surface area (Å²) in [4.78, 5) is 12.9. The SMILES string of the molecule is COc1cc(/C=C(\C#N)C(=O)Nc2cccc3ccccc23)cc(I)c1OCc1ccccc1. The molecule has 0 saturated carbocycles. The second-order valence-electron chi connectivity index (χ2n) is 7.46. The number of benzene rings is 4. The van der Waals surface area contributed by atoms with Crippen molar-refractivity contribution in [3.8, 4) is 17.6 Å². The summed E-state index contributed by atoms with van der Waals surface area (Å²) in [5, 5.41) is 14.5. The van der Waals surface area contributed by atoms with Crippen LogP contribution in [-0.4, -0.2) is 13.0 Å². The molecule has 168 valence electrons. The number of nitriles is 1. The zero-order valence-corrected chi connectivity index (χ0v) is 20.6. The van der Waals surface area contributed by atoms with E-state index >= 15 is 0 Å². The molecule has 0 bridgehead atoms. The molecule has 4 rings (SSSR count). The number of ether oxygens (including phenoxy) is 2. The van der Waals surface area contributed by atoms with E-state index in [2.05, 4.69) is 27.9 Å². The minimum Gasteiger partial charge on any atom is -0.493 e. The fraction of sp³-hybridized carbons (Fsp3) is 0.0714. The molecule has 0 aromatic heterocycles. The molecular formula is C28H21IN2O3. The van der Waals surface area contributed by atoms with Gasteiger partial charge in [0.1, 0.15) is 18.2 Å². The monoisotopic (exact) mass is 560 g/mol. The predicted octanol–water partition coefficient (Wildman–Crippen LogP) is 6.58. The van der Waals surface area contributed by atoms with Gasteiger partial charge in [-0.05, 0) is 63.4 Å². The summed E-state index contributed by atoms with van der Waals surface area (Å²) >= 11 is 2.16. The van der Waals surface area contributed by atoms with Crippen LogP contribution in [0.1, 0.15) is 11.1 Å². The highest BCUT2D eigenvalue weighted by Gasteiger charge is 2.15. The van der Waals surface area contributed by atoms with E-state index in [0.717, 1.165) is 19.9 Å². The van der Waals surface area contributed by atoms with Crippen molar-refractivity contribution in [2.75, 3.05) is 12.4 Å². The van der Waals surface area contributed by atoms with Crippen LogP contribution in [0.5, 0.6) is 11.5 Å². The maximum Gasteiger partial charge on any atom is 0.266 e. The van der Waals surface area contributed by atoms with Crippen LogP contribution in [0.3, 0.4) is 0 Å². The Morgan fingerprint density at radius 2 is 1.76 bits per heavy atom. The van der Waals surface area contributed by atoms with Gasteiger partial charge in [0.2, 0.25) is 0 Å². The molecule has 1 N–H and O–H groups in total. The van der Waals surface area contributed by atoms with Crippen LogP contribution in [-0.2, 0) is 11.4 Å². The fourth-order valence-electron chi connectivity index (χ4n) is 3.53. The normalized spacial score (nSPS) is 11.0. The van der Waals surface area contributed by atoms with Crippen molar-refractivity contribution in [1.82, 2.24) is 0 Å². The zero-order chi connectivity index (χ0) is 23.9. The molecule has 0 unspecified atom stereocenters. The first-order chi connectivity index (χ1) is 16.6. The van der Waals surface area contributed by atoms with Crippen molar-refractivity contribution >= 4 is 51.0 Å². The minimum absolute atomic E-state index is 0.0104. The zero-order valence-electron chi connectivity index (χ0n) is 18.4. The van der Waals surface area contributed by atoms with E-state index in [-0.39, 0.29) is 5.57 Å². The van der Waals surface area contributed by atoms with Gasteiger partial charge in [-0.2, -0.15) is 5.26 Å². The van der Waals surface area contributed by atoms with Gasteiger partial charge in [-0.25, -0.2) is 0 Å². The molecule has 0 saturated heterocycles. The summed E-state index contributed by atoms with van der Waals surface area (Å²) in [7, 11) is 1.56. The van der Waals surface area contributed by atoms with Crippen LogP contribution in [0, 0.1) is 14.9 Å². The second-order valence-corrected chi connectivity index (χ2v) is 8.62. The predicted molar refractivity (Wildman–Crippen MR) is 143 cm³/mol. The summed E-state index contributed by atoms with van der Waals surface area (Å²) < 4.78 is 12.3. The molecule has 4 aromatic carbocycles. The molecule has 5 nitrogen and oxygen atoms in total. The van der Waals surface area contributed by atoms with Gasteiger partial charge in [0, 0.05) is 11.1 Å². The summed E-state index contributed by atoms with van der Waals surface area (Å²) in [6.45, 7) is 0.402. The lowest BCUT2D eigenvalue weighted by atomic mass is 10.1. The van der Waals surface area contributed by atoms with Gasteiger partial charge in [-0.1, -0.05) is 66.7 Å². The van der Waals surface area contributed by atoms with Crippen LogP contribution >= 0.6 is 22.6 Å². The number of nitrogens with one attached hydrogen (secondary N) is 1. The summed E-state index contributed by atoms with van der Waals surface area (Å²) in [6, 6.07) is 28.9. The molecule has 0 spiro atoms. The number of nitrogens with zero attached hydrogens (tertiary/aromatic N) is 1. The quantitative estimate of drug-likeness (QED) is 0.158. The molecule has 34 heavy (non-hydrogen) atoms. The Bertz CT molecular complexity index is 1400. The van der Waals surface area contributed by atoms with Gasteiger partial charge in [-0.3, -0.25) is 4.79 Å². The Labute approximate surface area is 211 Å². The van der Waals surface area contributed by atoms with Crippen LogP contribution in [0.15, 0.2) is 90.5 Å².